The molecule has 1 aliphatic rings. The number of aromatic nitrogens is 1. The van der Waals surface area contributed by atoms with Gasteiger partial charge < -0.3 is 10.0 Å². The third-order valence-corrected chi connectivity index (χ3v) is 5.27. The van der Waals surface area contributed by atoms with Crippen LogP contribution in [-0.4, -0.2) is 58.6 Å². The lowest BCUT2D eigenvalue weighted by Gasteiger charge is -2.32. The van der Waals surface area contributed by atoms with E-state index in [2.05, 4.69) is 37.9 Å². The summed E-state index contributed by atoms with van der Waals surface area (Å²) in [6.45, 7) is 2.25. The molecule has 0 radical (unpaired) electrons. The summed E-state index contributed by atoms with van der Waals surface area (Å²) in [6, 6.07) is 12.0. The van der Waals surface area contributed by atoms with E-state index >= 15 is 0 Å². The summed E-state index contributed by atoms with van der Waals surface area (Å²) in [5, 5.41) is 9.82. The van der Waals surface area contributed by atoms with Crippen molar-refractivity contribution in [2.45, 2.75) is 25.0 Å². The average Bonchev–Trinajstić information content (AvgIpc) is 3.05. The Morgan fingerprint density at radius 1 is 1.37 bits per heavy atom. The Hall–Kier alpha value is -1.47. The van der Waals surface area contributed by atoms with Crippen LogP contribution in [0.1, 0.15) is 23.6 Å². The minimum Gasteiger partial charge on any atom is -0.392 e. The van der Waals surface area contributed by atoms with Crippen molar-refractivity contribution in [1.82, 2.24) is 14.8 Å². The summed E-state index contributed by atoms with van der Waals surface area (Å²) in [5.74, 6) is 0.0542. The lowest BCUT2D eigenvalue weighted by atomic mass is 10.0. The maximum Gasteiger partial charge on any atom is 0.227 e. The molecule has 27 heavy (non-hydrogen) atoms. The minimum atomic E-state index is -0.264. The average molecular weight is 455 g/mol. The van der Waals surface area contributed by atoms with Crippen molar-refractivity contribution in [2.75, 3.05) is 26.7 Å². The molecule has 1 aromatic carbocycles. The number of aliphatic hydroxyl groups is 1. The molecule has 1 unspecified atom stereocenters. The van der Waals surface area contributed by atoms with Crippen LogP contribution in [0.15, 0.2) is 53.3 Å². The van der Waals surface area contributed by atoms with Crippen LogP contribution in [-0.2, 0) is 11.2 Å². The standard InChI is InChI=1S/C20H24BrN3O2.ClH/c1-23(20(26)10-15-9-17(21)12-22-11-15)19(16-5-3-2-4-6-16)14-24-8-7-18(25)13-24;/h2-6,9,11-12,18-19,25H,7-8,10,13-14H2,1H3;1H/t18-,19?;/m0./s1. The van der Waals surface area contributed by atoms with Crippen molar-refractivity contribution in [2.24, 2.45) is 0 Å². The number of carbonyl (C=O) groups is 1. The number of amides is 1. The summed E-state index contributed by atoms with van der Waals surface area (Å²) < 4.78 is 0.871. The SMILES string of the molecule is CN(C(=O)Cc1cncc(Br)c1)C(CN1CC[C@H](O)C1)c1ccccc1.Cl. The summed E-state index contributed by atoms with van der Waals surface area (Å²) in [7, 11) is 1.86. The minimum absolute atomic E-state index is 0. The molecule has 0 spiro atoms. The highest BCUT2D eigenvalue weighted by atomic mass is 79.9. The number of carbonyl (C=O) groups excluding carboxylic acids is 1. The van der Waals surface area contributed by atoms with E-state index in [4.69, 9.17) is 0 Å². The molecule has 1 N–H and O–H groups in total. The van der Waals surface area contributed by atoms with Gasteiger partial charge in [0.15, 0.2) is 0 Å². The Morgan fingerprint density at radius 2 is 2.11 bits per heavy atom. The summed E-state index contributed by atoms with van der Waals surface area (Å²) in [4.78, 5) is 21.1. The number of aliphatic hydroxyl groups excluding tert-OH is 1. The normalized spacial score (nSPS) is 18.0. The van der Waals surface area contributed by atoms with Crippen molar-refractivity contribution >= 4 is 34.2 Å². The van der Waals surface area contributed by atoms with Crippen LogP contribution in [0.4, 0.5) is 0 Å². The second-order valence-electron chi connectivity index (χ2n) is 6.82. The fraction of sp³-hybridized carbons (Fsp3) is 0.400. The van der Waals surface area contributed by atoms with E-state index in [9.17, 15) is 9.90 Å². The van der Waals surface area contributed by atoms with Crippen LogP contribution in [0, 0.1) is 0 Å². The van der Waals surface area contributed by atoms with Crippen LogP contribution >= 0.6 is 28.3 Å². The molecule has 0 aliphatic carbocycles. The van der Waals surface area contributed by atoms with Crippen molar-refractivity contribution in [1.29, 1.82) is 0 Å². The maximum absolute atomic E-state index is 12.9. The van der Waals surface area contributed by atoms with Crippen molar-refractivity contribution in [3.8, 4) is 0 Å². The zero-order chi connectivity index (χ0) is 18.5. The van der Waals surface area contributed by atoms with Gasteiger partial charge in [0.1, 0.15) is 0 Å². The number of benzene rings is 1. The Labute approximate surface area is 174 Å². The van der Waals surface area contributed by atoms with Crippen LogP contribution < -0.4 is 0 Å². The maximum atomic E-state index is 12.9. The molecule has 1 fully saturated rings. The highest BCUT2D eigenvalue weighted by Gasteiger charge is 2.28. The van der Waals surface area contributed by atoms with Gasteiger partial charge in [-0.15, -0.1) is 12.4 Å². The molecule has 2 aromatic rings. The van der Waals surface area contributed by atoms with Crippen molar-refractivity contribution in [3.05, 3.63) is 64.4 Å². The van der Waals surface area contributed by atoms with Gasteiger partial charge in [0, 0.05) is 43.5 Å². The molecule has 3 rings (SSSR count). The molecule has 146 valence electrons. The molecule has 0 bridgehead atoms. The highest BCUT2D eigenvalue weighted by Crippen LogP contribution is 2.24. The van der Waals surface area contributed by atoms with Crippen LogP contribution in [0.25, 0.3) is 0 Å². The molecule has 1 amide bonds. The van der Waals surface area contributed by atoms with Gasteiger partial charge >= 0.3 is 0 Å². The summed E-state index contributed by atoms with van der Waals surface area (Å²) in [6.07, 6.45) is 4.28. The van der Waals surface area contributed by atoms with Gasteiger partial charge in [0.25, 0.3) is 0 Å². The second kappa shape index (κ2) is 10.2. The van der Waals surface area contributed by atoms with Crippen molar-refractivity contribution < 1.29 is 9.90 Å². The van der Waals surface area contributed by atoms with E-state index in [1.54, 1.807) is 12.4 Å². The lowest BCUT2D eigenvalue weighted by Crippen LogP contribution is -2.39. The van der Waals surface area contributed by atoms with E-state index in [-0.39, 0.29) is 30.5 Å². The summed E-state index contributed by atoms with van der Waals surface area (Å²) >= 11 is 3.40. The van der Waals surface area contributed by atoms with Gasteiger partial charge in [-0.3, -0.25) is 14.7 Å². The molecular weight excluding hydrogens is 430 g/mol. The van der Waals surface area contributed by atoms with Gasteiger partial charge in [-0.1, -0.05) is 30.3 Å². The number of pyridine rings is 1. The Morgan fingerprint density at radius 3 is 2.74 bits per heavy atom. The number of nitrogens with zero attached hydrogens (tertiary/aromatic N) is 3. The quantitative estimate of drug-likeness (QED) is 0.729. The van der Waals surface area contributed by atoms with Crippen molar-refractivity contribution in [3.63, 3.8) is 0 Å². The zero-order valence-electron chi connectivity index (χ0n) is 15.3. The predicted molar refractivity (Wildman–Crippen MR) is 112 cm³/mol. The number of hydrogen-bond acceptors (Lipinski definition) is 4. The van der Waals surface area contributed by atoms with E-state index < -0.39 is 0 Å². The highest BCUT2D eigenvalue weighted by molar-refractivity contribution is 9.10. The molecule has 7 heteroatoms. The number of likely N-dealkylation sites (tertiary alicyclic amines) is 1. The summed E-state index contributed by atoms with van der Waals surface area (Å²) in [5.41, 5.74) is 2.00. The largest absolute Gasteiger partial charge is 0.392 e. The van der Waals surface area contributed by atoms with E-state index in [0.717, 1.165) is 35.1 Å². The van der Waals surface area contributed by atoms with Crippen LogP contribution in [0.5, 0.6) is 0 Å². The number of likely N-dealkylation sites (N-methyl/N-ethyl adjacent to an activating group) is 1. The smallest absolute Gasteiger partial charge is 0.227 e. The first kappa shape index (κ1) is 21.8. The molecular formula is C20H25BrClN3O2. The Bertz CT molecular complexity index is 747. The third kappa shape index (κ3) is 6.01. The number of β-amino-alcohol motifs (C(OH)–C–C–N with tert-alkyl or cyclic N) is 1. The van der Waals surface area contributed by atoms with Gasteiger partial charge in [-0.2, -0.15) is 0 Å². The molecule has 5 nitrogen and oxygen atoms in total. The molecule has 0 saturated carbocycles. The Balaban J connectivity index is 0.00000261. The van der Waals surface area contributed by atoms with Gasteiger partial charge in [0.05, 0.1) is 18.6 Å². The monoisotopic (exact) mass is 453 g/mol. The molecule has 2 atom stereocenters. The third-order valence-electron chi connectivity index (χ3n) is 4.84. The lowest BCUT2D eigenvalue weighted by molar-refractivity contribution is -0.131. The second-order valence-corrected chi connectivity index (χ2v) is 7.74. The number of hydrogen-bond donors (Lipinski definition) is 1. The number of rotatable bonds is 6. The topological polar surface area (TPSA) is 56.7 Å². The molecule has 1 saturated heterocycles. The predicted octanol–water partition coefficient (Wildman–Crippen LogP) is 3.07. The Kier molecular flexibility index (Phi) is 8.23. The first-order valence-corrected chi connectivity index (χ1v) is 9.62. The van der Waals surface area contributed by atoms with Gasteiger partial charge in [0.2, 0.25) is 5.91 Å². The molecule has 2 heterocycles. The fourth-order valence-electron chi connectivity index (χ4n) is 3.37. The van der Waals surface area contributed by atoms with Gasteiger partial charge in [-0.25, -0.2) is 0 Å². The van der Waals surface area contributed by atoms with E-state index in [1.807, 2.05) is 36.2 Å². The first-order chi connectivity index (χ1) is 12.5. The number of halogens is 2. The van der Waals surface area contributed by atoms with E-state index in [1.165, 1.54) is 0 Å². The zero-order valence-corrected chi connectivity index (χ0v) is 17.7. The van der Waals surface area contributed by atoms with Gasteiger partial charge in [-0.05, 0) is 39.5 Å². The molecule has 1 aromatic heterocycles. The van der Waals surface area contributed by atoms with E-state index in [0.29, 0.717) is 13.0 Å². The first-order valence-electron chi connectivity index (χ1n) is 8.83. The molecule has 1 aliphatic heterocycles. The fourth-order valence-corrected chi connectivity index (χ4v) is 3.79. The van der Waals surface area contributed by atoms with Crippen LogP contribution in [0.3, 0.4) is 0 Å². The van der Waals surface area contributed by atoms with Crippen LogP contribution in [0.2, 0.25) is 0 Å².